The second kappa shape index (κ2) is 7.17. The lowest BCUT2D eigenvalue weighted by Gasteiger charge is -2.21. The number of nitrogens with zero attached hydrogens (tertiary/aromatic N) is 1. The van der Waals surface area contributed by atoms with E-state index in [1.807, 2.05) is 67.0 Å². The van der Waals surface area contributed by atoms with Crippen LogP contribution >= 0.6 is 11.3 Å². The maximum atomic E-state index is 12.5. The number of aryl methyl sites for hydroxylation is 2. The van der Waals surface area contributed by atoms with Crippen LogP contribution in [0.5, 0.6) is 11.5 Å². The number of rotatable bonds is 4. The molecular formula is C24H23NO3S. The standard InChI is InChI=1S/C24H23NO3S/c1-15-5-8-17(9-6-15)28-21-10-7-16(24(2,3)27)13-19(21)20-14-25(4)23(26)18-11-12-29-22(18)20/h5-14,27H,1-4H3. The maximum absolute atomic E-state index is 12.5. The SMILES string of the molecule is Cc1ccc(Oc2ccc(C(C)(C)O)cc2-c2cn(C)c(=O)c3ccsc23)cc1. The quantitative estimate of drug-likeness (QED) is 0.481. The third-order valence-electron chi connectivity index (χ3n) is 5.01. The molecule has 0 aliphatic rings. The number of aliphatic hydroxyl groups is 1. The summed E-state index contributed by atoms with van der Waals surface area (Å²) < 4.78 is 8.72. The molecule has 4 aromatic rings. The molecule has 0 bridgehead atoms. The Morgan fingerprint density at radius 3 is 2.45 bits per heavy atom. The molecule has 5 heteroatoms. The fourth-order valence-electron chi connectivity index (χ4n) is 3.32. The second-order valence-electron chi connectivity index (χ2n) is 7.81. The summed E-state index contributed by atoms with van der Waals surface area (Å²) in [5, 5.41) is 13.2. The fraction of sp³-hybridized carbons (Fsp3) is 0.208. The summed E-state index contributed by atoms with van der Waals surface area (Å²) in [7, 11) is 1.75. The van der Waals surface area contributed by atoms with Crippen molar-refractivity contribution in [3.8, 4) is 22.6 Å². The lowest BCUT2D eigenvalue weighted by Crippen LogP contribution is -2.17. The predicted octanol–water partition coefficient (Wildman–Crippen LogP) is 5.60. The van der Waals surface area contributed by atoms with Crippen LogP contribution in [-0.4, -0.2) is 9.67 Å². The van der Waals surface area contributed by atoms with Gasteiger partial charge in [0.2, 0.25) is 0 Å². The number of pyridine rings is 1. The molecule has 0 unspecified atom stereocenters. The van der Waals surface area contributed by atoms with Gasteiger partial charge in [0.25, 0.3) is 5.56 Å². The van der Waals surface area contributed by atoms with Crippen molar-refractivity contribution < 1.29 is 9.84 Å². The first kappa shape index (κ1) is 19.4. The molecule has 0 radical (unpaired) electrons. The van der Waals surface area contributed by atoms with Gasteiger partial charge in [0.05, 0.1) is 11.0 Å². The van der Waals surface area contributed by atoms with Gasteiger partial charge in [-0.2, -0.15) is 0 Å². The van der Waals surface area contributed by atoms with E-state index in [0.717, 1.165) is 32.7 Å². The Morgan fingerprint density at radius 1 is 1.03 bits per heavy atom. The number of ether oxygens (including phenoxy) is 1. The van der Waals surface area contributed by atoms with Gasteiger partial charge in [-0.15, -0.1) is 11.3 Å². The molecule has 2 aromatic heterocycles. The molecule has 0 spiro atoms. The van der Waals surface area contributed by atoms with Gasteiger partial charge in [-0.05, 0) is 62.0 Å². The van der Waals surface area contributed by atoms with Crippen LogP contribution in [0.15, 0.2) is 64.9 Å². The first-order chi connectivity index (χ1) is 13.7. The molecular weight excluding hydrogens is 382 g/mol. The molecule has 0 atom stereocenters. The summed E-state index contributed by atoms with van der Waals surface area (Å²) in [6, 6.07) is 15.4. The van der Waals surface area contributed by atoms with E-state index in [1.54, 1.807) is 25.5 Å². The Labute approximate surface area is 173 Å². The van der Waals surface area contributed by atoms with Gasteiger partial charge in [-0.1, -0.05) is 23.8 Å². The van der Waals surface area contributed by atoms with Crippen LogP contribution in [0, 0.1) is 6.92 Å². The molecule has 0 amide bonds. The zero-order valence-corrected chi connectivity index (χ0v) is 17.7. The highest BCUT2D eigenvalue weighted by Gasteiger charge is 2.21. The van der Waals surface area contributed by atoms with Crippen molar-refractivity contribution in [2.75, 3.05) is 0 Å². The van der Waals surface area contributed by atoms with Crippen molar-refractivity contribution in [3.63, 3.8) is 0 Å². The van der Waals surface area contributed by atoms with Crippen LogP contribution in [0.2, 0.25) is 0 Å². The molecule has 0 fully saturated rings. The van der Waals surface area contributed by atoms with Crippen molar-refractivity contribution >= 4 is 21.4 Å². The zero-order chi connectivity index (χ0) is 20.8. The normalized spacial score (nSPS) is 11.8. The van der Waals surface area contributed by atoms with E-state index in [-0.39, 0.29) is 5.56 Å². The summed E-state index contributed by atoms with van der Waals surface area (Å²) >= 11 is 1.53. The number of hydrogen-bond acceptors (Lipinski definition) is 4. The molecule has 4 nitrogen and oxygen atoms in total. The molecule has 0 aliphatic carbocycles. The fourth-order valence-corrected chi connectivity index (χ4v) is 4.23. The van der Waals surface area contributed by atoms with E-state index in [2.05, 4.69) is 0 Å². The van der Waals surface area contributed by atoms with E-state index < -0.39 is 5.60 Å². The Kier molecular flexibility index (Phi) is 4.81. The number of thiophene rings is 1. The minimum absolute atomic E-state index is 0.0235. The molecule has 29 heavy (non-hydrogen) atoms. The van der Waals surface area contributed by atoms with E-state index in [0.29, 0.717) is 11.1 Å². The molecule has 148 valence electrons. The largest absolute Gasteiger partial charge is 0.457 e. The Balaban J connectivity index is 1.95. The van der Waals surface area contributed by atoms with Gasteiger partial charge in [-0.3, -0.25) is 4.79 Å². The molecule has 1 N–H and O–H groups in total. The van der Waals surface area contributed by atoms with Crippen LogP contribution in [0.4, 0.5) is 0 Å². The van der Waals surface area contributed by atoms with Crippen molar-refractivity contribution in [1.82, 2.24) is 4.57 Å². The number of benzene rings is 2. The molecule has 2 aromatic carbocycles. The Hall–Kier alpha value is -2.89. The second-order valence-corrected chi connectivity index (χ2v) is 8.72. The third kappa shape index (κ3) is 3.71. The average molecular weight is 406 g/mol. The lowest BCUT2D eigenvalue weighted by molar-refractivity contribution is 0.0786. The van der Waals surface area contributed by atoms with Crippen LogP contribution < -0.4 is 10.3 Å². The molecule has 0 saturated heterocycles. The summed E-state index contributed by atoms with van der Waals surface area (Å²) in [6.45, 7) is 5.55. The molecule has 4 rings (SSSR count). The van der Waals surface area contributed by atoms with E-state index >= 15 is 0 Å². The van der Waals surface area contributed by atoms with Gasteiger partial charge >= 0.3 is 0 Å². The molecule has 2 heterocycles. The predicted molar refractivity (Wildman–Crippen MR) is 119 cm³/mol. The topological polar surface area (TPSA) is 51.5 Å². The highest BCUT2D eigenvalue weighted by molar-refractivity contribution is 7.17. The summed E-state index contributed by atoms with van der Waals surface area (Å²) in [5.41, 5.74) is 2.67. The van der Waals surface area contributed by atoms with Crippen molar-refractivity contribution in [1.29, 1.82) is 0 Å². The Bertz CT molecular complexity index is 1240. The minimum atomic E-state index is -0.994. The smallest absolute Gasteiger partial charge is 0.259 e. The lowest BCUT2D eigenvalue weighted by atomic mass is 9.94. The van der Waals surface area contributed by atoms with Gasteiger partial charge in [0, 0.05) is 29.1 Å². The monoisotopic (exact) mass is 405 g/mol. The first-order valence-corrected chi connectivity index (χ1v) is 10.3. The van der Waals surface area contributed by atoms with Crippen LogP contribution in [0.1, 0.15) is 25.0 Å². The van der Waals surface area contributed by atoms with Crippen molar-refractivity contribution in [2.45, 2.75) is 26.4 Å². The Morgan fingerprint density at radius 2 is 1.76 bits per heavy atom. The zero-order valence-electron chi connectivity index (χ0n) is 16.9. The van der Waals surface area contributed by atoms with E-state index in [4.69, 9.17) is 4.74 Å². The van der Waals surface area contributed by atoms with Gasteiger partial charge in [0.1, 0.15) is 11.5 Å². The van der Waals surface area contributed by atoms with Crippen LogP contribution in [0.25, 0.3) is 21.2 Å². The number of fused-ring (bicyclic) bond motifs is 1. The van der Waals surface area contributed by atoms with Crippen molar-refractivity contribution in [3.05, 3.63) is 81.6 Å². The van der Waals surface area contributed by atoms with Gasteiger partial charge in [0.15, 0.2) is 0 Å². The number of aromatic nitrogens is 1. The highest BCUT2D eigenvalue weighted by Crippen LogP contribution is 2.40. The summed E-state index contributed by atoms with van der Waals surface area (Å²) in [6.07, 6.45) is 1.84. The summed E-state index contributed by atoms with van der Waals surface area (Å²) in [5.74, 6) is 1.41. The highest BCUT2D eigenvalue weighted by atomic mass is 32.1. The maximum Gasteiger partial charge on any atom is 0.259 e. The molecule has 0 aliphatic heterocycles. The minimum Gasteiger partial charge on any atom is -0.457 e. The van der Waals surface area contributed by atoms with Crippen LogP contribution in [-0.2, 0) is 12.6 Å². The first-order valence-electron chi connectivity index (χ1n) is 9.42. The van der Waals surface area contributed by atoms with E-state index in [9.17, 15) is 9.90 Å². The average Bonchev–Trinajstić information content (AvgIpc) is 3.16. The van der Waals surface area contributed by atoms with Gasteiger partial charge < -0.3 is 14.4 Å². The van der Waals surface area contributed by atoms with Gasteiger partial charge in [-0.25, -0.2) is 0 Å². The van der Waals surface area contributed by atoms with E-state index in [1.165, 1.54) is 11.3 Å². The van der Waals surface area contributed by atoms with Crippen LogP contribution in [0.3, 0.4) is 0 Å². The third-order valence-corrected chi connectivity index (χ3v) is 5.96. The number of hydrogen-bond donors (Lipinski definition) is 1. The summed E-state index contributed by atoms with van der Waals surface area (Å²) in [4.78, 5) is 12.5. The molecule has 0 saturated carbocycles. The van der Waals surface area contributed by atoms with Crippen molar-refractivity contribution in [2.24, 2.45) is 7.05 Å².